The first-order valence-electron chi connectivity index (χ1n) is 7.28. The van der Waals surface area contributed by atoms with Crippen LogP contribution in [0.5, 0.6) is 0 Å². The Kier molecular flexibility index (Phi) is 3.86. The first-order valence-corrected chi connectivity index (χ1v) is 7.28. The van der Waals surface area contributed by atoms with Gasteiger partial charge in [-0.25, -0.2) is 0 Å². The largest absolute Gasteiger partial charge is 0.328 e. The third-order valence-corrected chi connectivity index (χ3v) is 3.79. The van der Waals surface area contributed by atoms with E-state index in [1.807, 2.05) is 0 Å². The van der Waals surface area contributed by atoms with E-state index in [0.29, 0.717) is 10.6 Å². The second kappa shape index (κ2) is 5.86. The number of carbonyl (C=O) groups excluding carboxylic acids is 3. The summed E-state index contributed by atoms with van der Waals surface area (Å²) in [6.07, 6.45) is 0.666. The van der Waals surface area contributed by atoms with Crippen molar-refractivity contribution in [3.8, 4) is 0 Å². The molecular weight excluding hydrogens is 312 g/mol. The van der Waals surface area contributed by atoms with E-state index in [-0.39, 0.29) is 22.5 Å². The topological polar surface area (TPSA) is 96.5 Å². The molecule has 1 N–H and O–H groups in total. The number of aromatic amines is 1. The minimum atomic E-state index is -0.720. The van der Waals surface area contributed by atoms with Gasteiger partial charge >= 0.3 is 0 Å². The van der Waals surface area contributed by atoms with Crippen LogP contribution in [0.4, 0.5) is 0 Å². The third kappa shape index (κ3) is 2.55. The van der Waals surface area contributed by atoms with E-state index in [4.69, 9.17) is 4.84 Å². The molecule has 0 saturated carbocycles. The van der Waals surface area contributed by atoms with Crippen LogP contribution in [-0.2, 0) is 4.84 Å². The van der Waals surface area contributed by atoms with Gasteiger partial charge in [0.15, 0.2) is 5.78 Å². The zero-order valence-corrected chi connectivity index (χ0v) is 13.0. The normalized spacial score (nSPS) is 14.7. The summed E-state index contributed by atoms with van der Waals surface area (Å²) in [5.74, 6) is -1.47. The molecule has 0 saturated heterocycles. The fraction of sp³-hybridized carbons (Fsp3) is 0.176. The monoisotopic (exact) mass is 326 g/mol. The van der Waals surface area contributed by atoms with E-state index >= 15 is 0 Å². The maximum absolute atomic E-state index is 12.3. The lowest BCUT2D eigenvalue weighted by atomic mass is 10.1. The van der Waals surface area contributed by atoms with Crippen LogP contribution in [-0.4, -0.2) is 27.6 Å². The number of amides is 2. The van der Waals surface area contributed by atoms with Gasteiger partial charge in [-0.2, -0.15) is 0 Å². The van der Waals surface area contributed by atoms with Gasteiger partial charge in [0.05, 0.1) is 16.7 Å². The summed E-state index contributed by atoms with van der Waals surface area (Å²) in [5.41, 5.74) is 0.516. The van der Waals surface area contributed by atoms with E-state index in [1.165, 1.54) is 19.2 Å². The first-order chi connectivity index (χ1) is 11.4. The van der Waals surface area contributed by atoms with Crippen LogP contribution in [0.1, 0.15) is 56.6 Å². The van der Waals surface area contributed by atoms with Crippen LogP contribution in [0.3, 0.4) is 0 Å². The smallest absolute Gasteiger partial charge is 0.285 e. The third-order valence-electron chi connectivity index (χ3n) is 3.79. The van der Waals surface area contributed by atoms with E-state index in [1.54, 1.807) is 31.2 Å². The molecule has 0 bridgehead atoms. The van der Waals surface area contributed by atoms with Crippen LogP contribution in [0.25, 0.3) is 0 Å². The van der Waals surface area contributed by atoms with Crippen LogP contribution >= 0.6 is 0 Å². The predicted molar refractivity (Wildman–Crippen MR) is 83.5 cm³/mol. The summed E-state index contributed by atoms with van der Waals surface area (Å²) >= 11 is 0. The molecule has 1 aromatic heterocycles. The van der Waals surface area contributed by atoms with Gasteiger partial charge < -0.3 is 4.98 Å². The summed E-state index contributed by atoms with van der Waals surface area (Å²) in [6, 6.07) is 7.83. The highest BCUT2D eigenvalue weighted by Gasteiger charge is 2.37. The zero-order valence-electron chi connectivity index (χ0n) is 13.0. The van der Waals surface area contributed by atoms with E-state index in [0.717, 1.165) is 0 Å². The molecule has 0 spiro atoms. The van der Waals surface area contributed by atoms with Crippen molar-refractivity contribution in [1.29, 1.82) is 0 Å². The van der Waals surface area contributed by atoms with Gasteiger partial charge in [-0.15, -0.1) is 5.06 Å². The number of Topliss-reactive ketones (excluding diaryl/α,β-unsaturated/α-hetero) is 1. The molecular formula is C17H14N2O5. The zero-order chi connectivity index (χ0) is 17.4. The van der Waals surface area contributed by atoms with Gasteiger partial charge in [-0.1, -0.05) is 12.1 Å². The SMILES string of the molecule is CC(=O)c1cc(C(C)ON2C(=O)c3ccccc3C2=O)c[nH]c1=O. The van der Waals surface area contributed by atoms with Gasteiger partial charge in [0.1, 0.15) is 6.10 Å². The fourth-order valence-electron chi connectivity index (χ4n) is 2.48. The van der Waals surface area contributed by atoms with Crippen molar-refractivity contribution < 1.29 is 19.2 Å². The number of hydroxylamine groups is 2. The number of fused-ring (bicyclic) bond motifs is 1. The Morgan fingerprint density at radius 2 is 1.71 bits per heavy atom. The van der Waals surface area contributed by atoms with Crippen molar-refractivity contribution in [2.45, 2.75) is 20.0 Å². The second-order valence-electron chi connectivity index (χ2n) is 5.43. The molecule has 3 rings (SSSR count). The Hall–Kier alpha value is -3.06. The number of pyridine rings is 1. The van der Waals surface area contributed by atoms with Crippen molar-refractivity contribution in [3.05, 3.63) is 69.1 Å². The van der Waals surface area contributed by atoms with Crippen molar-refractivity contribution >= 4 is 17.6 Å². The molecule has 7 heteroatoms. The van der Waals surface area contributed by atoms with Gasteiger partial charge in [-0.05, 0) is 32.0 Å². The average Bonchev–Trinajstić information content (AvgIpc) is 2.80. The van der Waals surface area contributed by atoms with Crippen LogP contribution < -0.4 is 5.56 Å². The average molecular weight is 326 g/mol. The number of benzene rings is 1. The first kappa shape index (κ1) is 15.8. The summed E-state index contributed by atoms with van der Waals surface area (Å²) in [4.78, 5) is 55.5. The van der Waals surface area contributed by atoms with Crippen LogP contribution in [0.2, 0.25) is 0 Å². The van der Waals surface area contributed by atoms with Gasteiger partial charge in [0.2, 0.25) is 0 Å². The molecule has 1 aliphatic rings. The molecule has 122 valence electrons. The standard InChI is InChI=1S/C17H14N2O5/c1-9(20)14-7-11(8-18-15(14)21)10(2)24-19-16(22)12-5-3-4-6-13(12)17(19)23/h3-8,10H,1-2H3,(H,18,21). The maximum Gasteiger partial charge on any atom is 0.285 e. The van der Waals surface area contributed by atoms with Crippen LogP contribution in [0.15, 0.2) is 41.3 Å². The summed E-state index contributed by atoms with van der Waals surface area (Å²) in [5, 5.41) is 0.702. The highest BCUT2D eigenvalue weighted by Crippen LogP contribution is 2.26. The highest BCUT2D eigenvalue weighted by molar-refractivity contribution is 6.20. The summed E-state index contributed by atoms with van der Waals surface area (Å²) in [6.45, 7) is 2.89. The fourth-order valence-corrected chi connectivity index (χ4v) is 2.48. The Bertz CT molecular complexity index is 880. The molecule has 2 aromatic rings. The minimum absolute atomic E-state index is 0.00897. The van der Waals surface area contributed by atoms with E-state index in [9.17, 15) is 19.2 Å². The Balaban J connectivity index is 1.86. The Morgan fingerprint density at radius 3 is 2.25 bits per heavy atom. The molecule has 1 unspecified atom stereocenters. The molecule has 7 nitrogen and oxygen atoms in total. The number of ketones is 1. The molecule has 2 heterocycles. The quantitative estimate of drug-likeness (QED) is 0.683. The molecule has 0 fully saturated rings. The van der Waals surface area contributed by atoms with E-state index < -0.39 is 23.5 Å². The molecule has 0 radical (unpaired) electrons. The number of H-pyrrole nitrogens is 1. The molecule has 0 aliphatic carbocycles. The molecule has 1 atom stereocenters. The Morgan fingerprint density at radius 1 is 1.12 bits per heavy atom. The number of imide groups is 1. The number of carbonyl (C=O) groups is 3. The molecule has 2 amide bonds. The molecule has 1 aliphatic heterocycles. The van der Waals surface area contributed by atoms with Crippen molar-refractivity contribution in [3.63, 3.8) is 0 Å². The molecule has 1 aromatic carbocycles. The number of aromatic nitrogens is 1. The van der Waals surface area contributed by atoms with Gasteiger partial charge in [0.25, 0.3) is 17.4 Å². The van der Waals surface area contributed by atoms with Crippen LogP contribution in [0, 0.1) is 0 Å². The number of hydrogen-bond acceptors (Lipinski definition) is 5. The highest BCUT2D eigenvalue weighted by atomic mass is 16.7. The van der Waals surface area contributed by atoms with E-state index in [2.05, 4.69) is 4.98 Å². The number of hydrogen-bond donors (Lipinski definition) is 1. The van der Waals surface area contributed by atoms with Crippen molar-refractivity contribution in [2.24, 2.45) is 0 Å². The van der Waals surface area contributed by atoms with Gasteiger partial charge in [-0.3, -0.25) is 24.0 Å². The minimum Gasteiger partial charge on any atom is -0.328 e. The van der Waals surface area contributed by atoms with Crippen molar-refractivity contribution in [1.82, 2.24) is 10.0 Å². The molecule has 24 heavy (non-hydrogen) atoms. The Labute approximate surface area is 136 Å². The van der Waals surface area contributed by atoms with Gasteiger partial charge in [0, 0.05) is 11.8 Å². The summed E-state index contributed by atoms with van der Waals surface area (Å²) < 4.78 is 0. The number of rotatable bonds is 4. The second-order valence-corrected chi connectivity index (χ2v) is 5.43. The summed E-state index contributed by atoms with van der Waals surface area (Å²) in [7, 11) is 0. The lowest BCUT2D eigenvalue weighted by molar-refractivity contribution is -0.128. The maximum atomic E-state index is 12.3. The number of nitrogens with zero attached hydrogens (tertiary/aromatic N) is 1. The predicted octanol–water partition coefficient (Wildman–Crippen LogP) is 1.87. The lowest BCUT2D eigenvalue weighted by Crippen LogP contribution is -2.31. The lowest BCUT2D eigenvalue weighted by Gasteiger charge is -2.19. The number of nitrogens with one attached hydrogen (secondary N) is 1. The van der Waals surface area contributed by atoms with Crippen molar-refractivity contribution in [2.75, 3.05) is 0 Å².